The molecule has 0 aliphatic carbocycles. The fourth-order valence-electron chi connectivity index (χ4n) is 2.50. The fraction of sp³-hybridized carbons (Fsp3) is 0.136. The summed E-state index contributed by atoms with van der Waals surface area (Å²) >= 11 is 8.64. The molecular weight excluding hydrogens is 550 g/mol. The van der Waals surface area contributed by atoms with Crippen LogP contribution in [0.4, 0.5) is 17.1 Å². The minimum absolute atomic E-state index is 0.0355. The van der Waals surface area contributed by atoms with Gasteiger partial charge in [0.1, 0.15) is 10.6 Å². The lowest BCUT2D eigenvalue weighted by Crippen LogP contribution is -2.02. The smallest absolute Gasteiger partial charge is 0.342 e. The molecule has 0 unspecified atom stereocenters. The van der Waals surface area contributed by atoms with Gasteiger partial charge in [-0.25, -0.2) is 4.79 Å². The van der Waals surface area contributed by atoms with E-state index < -0.39 is 20.7 Å². The summed E-state index contributed by atoms with van der Waals surface area (Å²) in [4.78, 5) is 40.0. The zero-order valence-corrected chi connectivity index (χ0v) is 20.9. The van der Waals surface area contributed by atoms with E-state index in [0.717, 1.165) is 11.1 Å². The summed E-state index contributed by atoms with van der Waals surface area (Å²) in [7, 11) is 0. The van der Waals surface area contributed by atoms with Gasteiger partial charge in [-0.15, -0.1) is 0 Å². The van der Waals surface area contributed by atoms with E-state index in [1.54, 1.807) is 26.0 Å². The number of carboxylic acid groups (broad SMARTS) is 1. The topological polar surface area (TPSA) is 167 Å². The third kappa shape index (κ3) is 9.10. The zero-order valence-electron chi connectivity index (χ0n) is 18.6. The molecule has 184 valence electrons. The second-order valence-corrected chi connectivity index (χ2v) is 8.27. The maximum Gasteiger partial charge on any atom is 0.342 e. The lowest BCUT2D eigenvalue weighted by atomic mass is 10.1. The number of carboxylic acids is 1. The molecule has 0 aromatic heterocycles. The first-order chi connectivity index (χ1) is 16.2. The summed E-state index contributed by atoms with van der Waals surface area (Å²) < 4.78 is 0.521. The maximum atomic E-state index is 10.5. The van der Waals surface area contributed by atoms with Crippen molar-refractivity contribution in [1.29, 1.82) is 0 Å². The molecule has 3 aromatic carbocycles. The number of nitro groups is 3. The Morgan fingerprint density at radius 3 is 1.54 bits per heavy atom. The van der Waals surface area contributed by atoms with Crippen LogP contribution in [0, 0.1) is 51.1 Å². The van der Waals surface area contributed by atoms with Crippen LogP contribution in [0.5, 0.6) is 0 Å². The number of halogens is 2. The van der Waals surface area contributed by atoms with E-state index >= 15 is 0 Å². The van der Waals surface area contributed by atoms with Crippen molar-refractivity contribution < 1.29 is 24.7 Å². The molecular formula is C22H19BrClN3O8. The summed E-state index contributed by atoms with van der Waals surface area (Å²) in [6.45, 7) is 5.27. The summed E-state index contributed by atoms with van der Waals surface area (Å²) in [5.41, 5.74) is 1.82. The zero-order chi connectivity index (χ0) is 26.9. The number of nitrogens with zero attached hydrogens (tertiary/aromatic N) is 3. The molecule has 3 aromatic rings. The van der Waals surface area contributed by atoms with Crippen LogP contribution in [-0.2, 0) is 0 Å². The highest BCUT2D eigenvalue weighted by Crippen LogP contribution is 2.25. The normalized spacial score (nSPS) is 9.63. The van der Waals surface area contributed by atoms with E-state index in [2.05, 4.69) is 15.9 Å². The average molecular weight is 569 g/mol. The predicted octanol–water partition coefficient (Wildman–Crippen LogP) is 6.82. The van der Waals surface area contributed by atoms with Crippen LogP contribution in [0.1, 0.15) is 27.0 Å². The first-order valence-electron chi connectivity index (χ1n) is 9.54. The lowest BCUT2D eigenvalue weighted by Gasteiger charge is -1.98. The third-order valence-corrected chi connectivity index (χ3v) is 5.17. The predicted molar refractivity (Wildman–Crippen MR) is 133 cm³/mol. The second kappa shape index (κ2) is 13.1. The number of aryl methyl sites for hydroxylation is 3. The van der Waals surface area contributed by atoms with Crippen LogP contribution >= 0.6 is 27.5 Å². The van der Waals surface area contributed by atoms with Crippen LogP contribution in [0.3, 0.4) is 0 Å². The van der Waals surface area contributed by atoms with Crippen molar-refractivity contribution in [3.8, 4) is 0 Å². The van der Waals surface area contributed by atoms with Gasteiger partial charge in [-0.2, -0.15) is 0 Å². The first-order valence-corrected chi connectivity index (χ1v) is 10.7. The highest BCUT2D eigenvalue weighted by atomic mass is 79.9. The van der Waals surface area contributed by atoms with Crippen molar-refractivity contribution in [2.24, 2.45) is 0 Å². The van der Waals surface area contributed by atoms with Crippen LogP contribution < -0.4 is 0 Å². The van der Waals surface area contributed by atoms with E-state index in [0.29, 0.717) is 10.0 Å². The van der Waals surface area contributed by atoms with Gasteiger partial charge in [0.2, 0.25) is 0 Å². The van der Waals surface area contributed by atoms with E-state index in [1.807, 2.05) is 13.0 Å². The van der Waals surface area contributed by atoms with Crippen molar-refractivity contribution in [3.05, 3.63) is 117 Å². The number of carbonyl (C=O) groups is 1. The summed E-state index contributed by atoms with van der Waals surface area (Å²) in [6.07, 6.45) is 0. The fourth-order valence-corrected chi connectivity index (χ4v) is 3.08. The Kier molecular flexibility index (Phi) is 10.9. The van der Waals surface area contributed by atoms with Gasteiger partial charge < -0.3 is 5.11 Å². The van der Waals surface area contributed by atoms with Crippen molar-refractivity contribution in [2.45, 2.75) is 20.8 Å². The van der Waals surface area contributed by atoms with E-state index in [9.17, 15) is 35.1 Å². The van der Waals surface area contributed by atoms with Gasteiger partial charge in [-0.05, 0) is 71.6 Å². The number of benzene rings is 3. The van der Waals surface area contributed by atoms with Gasteiger partial charge in [0.05, 0.1) is 19.2 Å². The van der Waals surface area contributed by atoms with Crippen LogP contribution in [0.2, 0.25) is 5.02 Å². The van der Waals surface area contributed by atoms with Crippen LogP contribution in [0.25, 0.3) is 0 Å². The summed E-state index contributed by atoms with van der Waals surface area (Å²) in [5, 5.41) is 39.8. The monoisotopic (exact) mass is 567 g/mol. The first kappa shape index (κ1) is 29.1. The van der Waals surface area contributed by atoms with Crippen molar-refractivity contribution in [2.75, 3.05) is 0 Å². The Hall–Kier alpha value is -3.90. The standard InChI is InChI=1S/C8H7NO4.C7H6BrNO2.C7H6ClNO2/c1-5-2-3-6(8(10)11)7(4-5)9(12)13;2*1-5-2-3-6(8)7(4-5)9(10)11/h2-4H,1H3,(H,10,11);2*2-4H,1H3. The quantitative estimate of drug-likeness (QED) is 0.264. The van der Waals surface area contributed by atoms with Gasteiger partial charge in [0, 0.05) is 18.2 Å². The van der Waals surface area contributed by atoms with Crippen molar-refractivity contribution in [3.63, 3.8) is 0 Å². The molecule has 0 saturated heterocycles. The van der Waals surface area contributed by atoms with Gasteiger partial charge in [-0.3, -0.25) is 30.3 Å². The van der Waals surface area contributed by atoms with Gasteiger partial charge in [0.15, 0.2) is 0 Å². The SMILES string of the molecule is Cc1ccc(Br)c([N+](=O)[O-])c1.Cc1ccc(C(=O)O)c([N+](=O)[O-])c1.Cc1ccc(Cl)c([N+](=O)[O-])c1. The van der Waals surface area contributed by atoms with E-state index in [4.69, 9.17) is 16.7 Å². The lowest BCUT2D eigenvalue weighted by molar-refractivity contribution is -0.385. The number of hydrogen-bond acceptors (Lipinski definition) is 7. The molecule has 3 rings (SSSR count). The molecule has 0 saturated carbocycles. The molecule has 35 heavy (non-hydrogen) atoms. The third-order valence-electron chi connectivity index (χ3n) is 4.18. The summed E-state index contributed by atoms with van der Waals surface area (Å²) in [6, 6.07) is 13.7. The van der Waals surface area contributed by atoms with Gasteiger partial charge in [0.25, 0.3) is 17.1 Å². The minimum atomic E-state index is -1.29. The number of aromatic carboxylic acids is 1. The van der Waals surface area contributed by atoms with E-state index in [-0.39, 0.29) is 27.6 Å². The Morgan fingerprint density at radius 1 is 0.743 bits per heavy atom. The molecule has 1 N–H and O–H groups in total. The Balaban J connectivity index is 0.000000264. The molecule has 11 nitrogen and oxygen atoms in total. The molecule has 13 heteroatoms. The van der Waals surface area contributed by atoms with E-state index in [1.165, 1.54) is 36.4 Å². The minimum Gasteiger partial charge on any atom is -0.477 e. The molecule has 0 aliphatic heterocycles. The number of nitro benzene ring substituents is 3. The second-order valence-electron chi connectivity index (χ2n) is 7.01. The number of rotatable bonds is 4. The average Bonchev–Trinajstić information content (AvgIpc) is 2.77. The van der Waals surface area contributed by atoms with Crippen molar-refractivity contribution in [1.82, 2.24) is 0 Å². The number of hydrogen-bond donors (Lipinski definition) is 1. The van der Waals surface area contributed by atoms with Gasteiger partial charge >= 0.3 is 5.97 Å². The Labute approximate surface area is 212 Å². The largest absolute Gasteiger partial charge is 0.477 e. The van der Waals surface area contributed by atoms with Crippen LogP contribution in [0.15, 0.2) is 59.1 Å². The highest BCUT2D eigenvalue weighted by Gasteiger charge is 2.18. The molecule has 0 bridgehead atoms. The molecule has 0 aliphatic rings. The molecule has 0 spiro atoms. The van der Waals surface area contributed by atoms with Crippen molar-refractivity contribution >= 4 is 50.6 Å². The van der Waals surface area contributed by atoms with Gasteiger partial charge in [-0.1, -0.05) is 29.8 Å². The summed E-state index contributed by atoms with van der Waals surface area (Å²) in [5.74, 6) is -1.29. The Morgan fingerprint density at radius 2 is 1.14 bits per heavy atom. The molecule has 0 fully saturated rings. The molecule has 0 radical (unpaired) electrons. The maximum absolute atomic E-state index is 10.5. The highest BCUT2D eigenvalue weighted by molar-refractivity contribution is 9.10. The molecule has 0 heterocycles. The molecule has 0 amide bonds. The van der Waals surface area contributed by atoms with Crippen LogP contribution in [-0.4, -0.2) is 25.8 Å². The Bertz CT molecular complexity index is 1220. The molecule has 0 atom stereocenters.